The van der Waals surface area contributed by atoms with Crippen LogP contribution < -0.4 is 5.32 Å². The number of nitrogens with zero attached hydrogens (tertiary/aromatic N) is 4. The van der Waals surface area contributed by atoms with Gasteiger partial charge in [0.2, 0.25) is 5.91 Å². The van der Waals surface area contributed by atoms with Crippen LogP contribution in [0.1, 0.15) is 23.2 Å². The van der Waals surface area contributed by atoms with Crippen LogP contribution in [-0.2, 0) is 18.4 Å². The molecule has 6 aromatic rings. The maximum absolute atomic E-state index is 12.6. The van der Waals surface area contributed by atoms with Crippen molar-refractivity contribution in [2.45, 2.75) is 19.4 Å². The summed E-state index contributed by atoms with van der Waals surface area (Å²) in [6.07, 6.45) is 2.66. The topological polar surface area (TPSA) is 122 Å². The van der Waals surface area contributed by atoms with Gasteiger partial charge in [-0.05, 0) is 41.3 Å². The van der Waals surface area contributed by atoms with Gasteiger partial charge in [0.15, 0.2) is 0 Å². The first-order valence-electron chi connectivity index (χ1n) is 13.9. The number of amides is 1. The van der Waals surface area contributed by atoms with Crippen LogP contribution in [0.2, 0.25) is 0 Å². The van der Waals surface area contributed by atoms with Gasteiger partial charge >= 0.3 is 5.97 Å². The number of carbonyl (C=O) groups excluding carboxylic acids is 1. The Kier molecular flexibility index (Phi) is 7.44. The van der Waals surface area contributed by atoms with Gasteiger partial charge < -0.3 is 20.1 Å². The van der Waals surface area contributed by atoms with Crippen LogP contribution in [0.3, 0.4) is 0 Å². The monoisotopic (exact) mass is 571 g/mol. The fourth-order valence-corrected chi connectivity index (χ4v) is 5.36. The second kappa shape index (κ2) is 11.7. The summed E-state index contributed by atoms with van der Waals surface area (Å²) in [5, 5.41) is 32.3. The molecule has 43 heavy (non-hydrogen) atoms. The first-order valence-corrected chi connectivity index (χ1v) is 13.9. The molecule has 0 radical (unpaired) electrons. The Morgan fingerprint density at radius 2 is 1.51 bits per heavy atom. The Balaban J connectivity index is 1.19. The zero-order valence-corrected chi connectivity index (χ0v) is 23.4. The molecule has 0 saturated heterocycles. The number of aromatic hydroxyl groups is 1. The van der Waals surface area contributed by atoms with Crippen molar-refractivity contribution < 1.29 is 19.8 Å². The lowest BCUT2D eigenvalue weighted by molar-refractivity contribution is -0.116. The van der Waals surface area contributed by atoms with Gasteiger partial charge in [-0.3, -0.25) is 9.48 Å². The maximum Gasteiger partial charge on any atom is 0.339 e. The molecule has 0 aliphatic rings. The molecule has 4 aromatic carbocycles. The van der Waals surface area contributed by atoms with E-state index in [9.17, 15) is 19.8 Å². The van der Waals surface area contributed by atoms with Crippen LogP contribution in [0, 0.1) is 0 Å². The minimum atomic E-state index is -1.22. The lowest BCUT2D eigenvalue weighted by Gasteiger charge is -2.07. The molecule has 9 nitrogen and oxygen atoms in total. The molecular formula is C34H29N5O4. The summed E-state index contributed by atoms with van der Waals surface area (Å²) in [5.41, 5.74) is 6.43. The van der Waals surface area contributed by atoms with Gasteiger partial charge in [-0.1, -0.05) is 78.0 Å². The van der Waals surface area contributed by atoms with E-state index in [-0.39, 0.29) is 17.2 Å². The van der Waals surface area contributed by atoms with Crippen molar-refractivity contribution >= 4 is 28.5 Å². The number of carboxylic acid groups (broad SMARTS) is 1. The predicted octanol–water partition coefficient (Wildman–Crippen LogP) is 6.59. The van der Waals surface area contributed by atoms with Crippen LogP contribution >= 0.6 is 0 Å². The summed E-state index contributed by atoms with van der Waals surface area (Å²) in [6.45, 7) is 0.472. The van der Waals surface area contributed by atoms with Gasteiger partial charge in [-0.25, -0.2) is 4.79 Å². The Labute approximate surface area is 247 Å². The van der Waals surface area contributed by atoms with Crippen molar-refractivity contribution in [3.05, 3.63) is 109 Å². The number of carboxylic acids is 1. The van der Waals surface area contributed by atoms with E-state index in [1.165, 1.54) is 12.1 Å². The van der Waals surface area contributed by atoms with E-state index in [0.29, 0.717) is 41.5 Å². The number of fused-ring (bicyclic) bond motifs is 1. The lowest BCUT2D eigenvalue weighted by atomic mass is 10.0. The highest BCUT2D eigenvalue weighted by Crippen LogP contribution is 2.41. The second-order valence-electron chi connectivity index (χ2n) is 10.3. The molecule has 214 valence electrons. The average Bonchev–Trinajstić information content (AvgIpc) is 3.59. The number of hydrogen-bond acceptors (Lipinski definition) is 5. The smallest absolute Gasteiger partial charge is 0.339 e. The normalized spacial score (nSPS) is 11.1. The Hall–Kier alpha value is -5.70. The third-order valence-corrected chi connectivity index (χ3v) is 7.46. The van der Waals surface area contributed by atoms with Crippen LogP contribution in [0.4, 0.5) is 5.69 Å². The van der Waals surface area contributed by atoms with Crippen molar-refractivity contribution in [1.82, 2.24) is 19.6 Å². The zero-order chi connectivity index (χ0) is 29.9. The van der Waals surface area contributed by atoms with Crippen molar-refractivity contribution in [3.63, 3.8) is 0 Å². The Bertz CT molecular complexity index is 1930. The highest BCUT2D eigenvalue weighted by Gasteiger charge is 2.23. The minimum Gasteiger partial charge on any atom is -0.507 e. The van der Waals surface area contributed by atoms with Crippen molar-refractivity contribution in [1.29, 1.82) is 0 Å². The van der Waals surface area contributed by atoms with Crippen LogP contribution in [0.15, 0.2) is 103 Å². The largest absolute Gasteiger partial charge is 0.507 e. The van der Waals surface area contributed by atoms with E-state index >= 15 is 0 Å². The molecule has 0 atom stereocenters. The van der Waals surface area contributed by atoms with Crippen LogP contribution in [0.5, 0.6) is 5.75 Å². The molecule has 0 aliphatic heterocycles. The molecule has 1 amide bonds. The predicted molar refractivity (Wildman–Crippen MR) is 166 cm³/mol. The third-order valence-electron chi connectivity index (χ3n) is 7.46. The number of benzene rings is 4. The molecule has 0 unspecified atom stereocenters. The first-order chi connectivity index (χ1) is 20.9. The fourth-order valence-electron chi connectivity index (χ4n) is 5.36. The van der Waals surface area contributed by atoms with Gasteiger partial charge in [0.1, 0.15) is 17.0 Å². The van der Waals surface area contributed by atoms with Gasteiger partial charge in [0, 0.05) is 42.7 Å². The highest BCUT2D eigenvalue weighted by atomic mass is 16.4. The van der Waals surface area contributed by atoms with E-state index in [2.05, 4.69) is 15.6 Å². The molecule has 0 bridgehead atoms. The highest BCUT2D eigenvalue weighted by molar-refractivity contribution is 6.07. The second-order valence-corrected chi connectivity index (χ2v) is 10.3. The van der Waals surface area contributed by atoms with E-state index < -0.39 is 5.97 Å². The fraction of sp³-hybridized carbons (Fsp3) is 0.118. The van der Waals surface area contributed by atoms with E-state index in [4.69, 9.17) is 0 Å². The summed E-state index contributed by atoms with van der Waals surface area (Å²) in [5.74, 6) is -1.61. The average molecular weight is 572 g/mol. The molecule has 2 aromatic heterocycles. The van der Waals surface area contributed by atoms with E-state index in [0.717, 1.165) is 28.1 Å². The molecule has 0 spiro atoms. The van der Waals surface area contributed by atoms with Crippen molar-refractivity contribution in [2.75, 3.05) is 5.32 Å². The number of hydrogen-bond donors (Lipinski definition) is 3. The number of phenols is 1. The van der Waals surface area contributed by atoms with Crippen molar-refractivity contribution in [2.24, 2.45) is 7.05 Å². The first kappa shape index (κ1) is 27.5. The third kappa shape index (κ3) is 5.60. The maximum atomic E-state index is 12.6. The number of nitrogens with one attached hydrogen (secondary N) is 1. The molecule has 0 saturated carbocycles. The number of rotatable bonds is 9. The summed E-state index contributed by atoms with van der Waals surface area (Å²) in [7, 11) is 1.87. The molecule has 3 N–H and O–H groups in total. The standard InChI is InChI=1S/C34H29N5O4/c1-38-29-20-30(40)27(34(42)43)19-26(29)32(33(38)24-11-6-3-7-12-24)28-21-39(37-36-28)18-8-13-31(41)35-25-16-14-23(15-17-25)22-9-4-2-5-10-22/h2-7,9-12,14-17,19-21,40H,8,13,18H2,1H3,(H,35,41)(H,42,43). The molecule has 2 heterocycles. The van der Waals surface area contributed by atoms with Crippen LogP contribution in [-0.4, -0.2) is 41.7 Å². The molecule has 0 fully saturated rings. The van der Waals surface area contributed by atoms with Crippen LogP contribution in [0.25, 0.3) is 44.5 Å². The minimum absolute atomic E-state index is 0.0887. The number of carbonyl (C=O) groups is 2. The Morgan fingerprint density at radius 1 is 0.860 bits per heavy atom. The molecule has 0 aliphatic carbocycles. The number of aryl methyl sites for hydroxylation is 2. The number of aromatic carboxylic acids is 1. The van der Waals surface area contributed by atoms with Gasteiger partial charge in [0.05, 0.1) is 17.4 Å². The van der Waals surface area contributed by atoms with E-state index in [1.54, 1.807) is 10.9 Å². The SMILES string of the molecule is Cn1c(-c2ccccc2)c(-c2cn(CCCC(=O)Nc3ccc(-c4ccccc4)cc3)nn2)c2cc(C(=O)O)c(O)cc21. The molecular weight excluding hydrogens is 542 g/mol. The van der Waals surface area contributed by atoms with Gasteiger partial charge in [0.25, 0.3) is 0 Å². The lowest BCUT2D eigenvalue weighted by Crippen LogP contribution is -2.12. The summed E-state index contributed by atoms with van der Waals surface area (Å²) >= 11 is 0. The molecule has 6 rings (SSSR count). The van der Waals surface area contributed by atoms with Gasteiger partial charge in [-0.15, -0.1) is 5.10 Å². The summed E-state index contributed by atoms with van der Waals surface area (Å²) in [4.78, 5) is 24.4. The zero-order valence-electron chi connectivity index (χ0n) is 23.4. The number of anilines is 1. The van der Waals surface area contributed by atoms with Crippen molar-refractivity contribution in [3.8, 4) is 39.4 Å². The molecule has 9 heteroatoms. The Morgan fingerprint density at radius 3 is 2.19 bits per heavy atom. The summed E-state index contributed by atoms with van der Waals surface area (Å²) in [6, 6.07) is 30.5. The summed E-state index contributed by atoms with van der Waals surface area (Å²) < 4.78 is 3.60. The number of aromatic nitrogens is 4. The van der Waals surface area contributed by atoms with Gasteiger partial charge in [-0.2, -0.15) is 0 Å². The van der Waals surface area contributed by atoms with E-state index in [1.807, 2.05) is 96.5 Å². The quantitative estimate of drug-likeness (QED) is 0.180.